The zero-order valence-corrected chi connectivity index (χ0v) is 13.3. The van der Waals surface area contributed by atoms with E-state index in [1.807, 2.05) is 11.9 Å². The molecule has 3 heterocycles. The Hall–Kier alpha value is -2.49. The first-order valence-electron chi connectivity index (χ1n) is 7.69. The molecule has 1 aliphatic rings. The first-order chi connectivity index (χ1) is 11.9. The maximum Gasteiger partial charge on any atom is 0.419 e. The second-order valence-corrected chi connectivity index (χ2v) is 6.01. The SMILES string of the molecule is CN1CCN(c2nc3ccc(C(F)(F)F)c(F)c3n3ncnc23)CC1. The summed E-state index contributed by atoms with van der Waals surface area (Å²) < 4.78 is 54.6. The molecule has 4 rings (SSSR count). The fourth-order valence-corrected chi connectivity index (χ4v) is 3.02. The molecule has 25 heavy (non-hydrogen) atoms. The summed E-state index contributed by atoms with van der Waals surface area (Å²) in [5.74, 6) is -0.893. The van der Waals surface area contributed by atoms with Crippen molar-refractivity contribution in [1.82, 2.24) is 24.5 Å². The van der Waals surface area contributed by atoms with Crippen molar-refractivity contribution in [3.8, 4) is 0 Å². The Bertz CT molecular complexity index is 942. The largest absolute Gasteiger partial charge is 0.419 e. The Kier molecular flexibility index (Phi) is 3.53. The number of fused-ring (bicyclic) bond motifs is 3. The van der Waals surface area contributed by atoms with E-state index < -0.39 is 17.6 Å². The Morgan fingerprint density at radius 1 is 1.08 bits per heavy atom. The number of hydrogen-bond acceptors (Lipinski definition) is 5. The smallest absolute Gasteiger partial charge is 0.351 e. The van der Waals surface area contributed by atoms with Crippen LogP contribution in [0.4, 0.5) is 23.4 Å². The minimum absolute atomic E-state index is 0.109. The van der Waals surface area contributed by atoms with Crippen LogP contribution in [0.3, 0.4) is 0 Å². The molecule has 1 fully saturated rings. The standard InChI is InChI=1S/C15H14F4N6/c1-23-4-6-24(7-5-23)14-13-20-8-21-25(13)12-10(22-14)3-2-9(11(12)16)15(17,18)19/h2-3,8H,4-7H2,1H3. The molecule has 0 amide bonds. The number of benzene rings is 1. The number of likely N-dealkylation sites (N-methyl/N-ethyl adjacent to an activating group) is 1. The van der Waals surface area contributed by atoms with Crippen molar-refractivity contribution in [2.45, 2.75) is 6.18 Å². The average molecular weight is 354 g/mol. The van der Waals surface area contributed by atoms with Gasteiger partial charge in [0.15, 0.2) is 17.3 Å². The second kappa shape index (κ2) is 5.51. The molecule has 6 nitrogen and oxygen atoms in total. The van der Waals surface area contributed by atoms with E-state index in [-0.39, 0.29) is 16.7 Å². The highest BCUT2D eigenvalue weighted by Crippen LogP contribution is 2.35. The fraction of sp³-hybridized carbons (Fsp3) is 0.400. The number of alkyl halides is 3. The Labute approximate surface area is 139 Å². The average Bonchev–Trinajstić information content (AvgIpc) is 3.03. The van der Waals surface area contributed by atoms with Gasteiger partial charge in [0.2, 0.25) is 0 Å². The van der Waals surface area contributed by atoms with Crippen LogP contribution >= 0.6 is 0 Å². The summed E-state index contributed by atoms with van der Waals surface area (Å²) in [5, 5.41) is 3.92. The first kappa shape index (κ1) is 16.0. The Balaban J connectivity index is 1.94. The molecule has 1 aromatic carbocycles. The Morgan fingerprint density at radius 2 is 1.80 bits per heavy atom. The van der Waals surface area contributed by atoms with Gasteiger partial charge >= 0.3 is 6.18 Å². The van der Waals surface area contributed by atoms with Crippen molar-refractivity contribution in [3.05, 3.63) is 29.8 Å². The summed E-state index contributed by atoms with van der Waals surface area (Å²) in [7, 11) is 2.01. The lowest BCUT2D eigenvalue weighted by atomic mass is 10.1. The predicted molar refractivity (Wildman–Crippen MR) is 83.0 cm³/mol. The Morgan fingerprint density at radius 3 is 2.48 bits per heavy atom. The van der Waals surface area contributed by atoms with E-state index in [4.69, 9.17) is 0 Å². The van der Waals surface area contributed by atoms with E-state index in [0.717, 1.165) is 17.6 Å². The van der Waals surface area contributed by atoms with Crippen LogP contribution in [0.5, 0.6) is 0 Å². The van der Waals surface area contributed by atoms with Crippen molar-refractivity contribution in [1.29, 1.82) is 0 Å². The van der Waals surface area contributed by atoms with Crippen molar-refractivity contribution in [2.75, 3.05) is 38.1 Å². The minimum Gasteiger partial charge on any atom is -0.351 e. The summed E-state index contributed by atoms with van der Waals surface area (Å²) >= 11 is 0. The maximum atomic E-state index is 14.5. The van der Waals surface area contributed by atoms with Gasteiger partial charge in [-0.25, -0.2) is 18.9 Å². The zero-order chi connectivity index (χ0) is 17.8. The molecule has 0 radical (unpaired) electrons. The van der Waals surface area contributed by atoms with Crippen LogP contribution in [0.25, 0.3) is 16.7 Å². The van der Waals surface area contributed by atoms with Crippen LogP contribution in [0.1, 0.15) is 5.56 Å². The topological polar surface area (TPSA) is 49.6 Å². The molecule has 0 N–H and O–H groups in total. The molecule has 1 aliphatic heterocycles. The van der Waals surface area contributed by atoms with Gasteiger partial charge in [-0.2, -0.15) is 18.3 Å². The van der Waals surface area contributed by atoms with Crippen molar-refractivity contribution >= 4 is 22.5 Å². The summed E-state index contributed by atoms with van der Waals surface area (Å²) in [6, 6.07) is 1.88. The van der Waals surface area contributed by atoms with Crippen LogP contribution in [0.2, 0.25) is 0 Å². The van der Waals surface area contributed by atoms with Gasteiger partial charge in [-0.15, -0.1) is 0 Å². The van der Waals surface area contributed by atoms with E-state index in [9.17, 15) is 17.6 Å². The number of piperazine rings is 1. The van der Waals surface area contributed by atoms with Gasteiger partial charge in [0.25, 0.3) is 0 Å². The molecule has 0 bridgehead atoms. The third-order valence-corrected chi connectivity index (χ3v) is 4.39. The van der Waals surface area contributed by atoms with Crippen LogP contribution in [-0.4, -0.2) is 57.7 Å². The molecule has 2 aromatic heterocycles. The van der Waals surface area contributed by atoms with Crippen molar-refractivity contribution in [3.63, 3.8) is 0 Å². The van der Waals surface area contributed by atoms with Gasteiger partial charge in [-0.1, -0.05) is 0 Å². The van der Waals surface area contributed by atoms with E-state index in [1.165, 1.54) is 12.4 Å². The number of hydrogen-bond donors (Lipinski definition) is 0. The fourth-order valence-electron chi connectivity index (χ4n) is 3.02. The second-order valence-electron chi connectivity index (χ2n) is 6.01. The van der Waals surface area contributed by atoms with Gasteiger partial charge in [0.05, 0.1) is 11.1 Å². The molecule has 0 atom stereocenters. The summed E-state index contributed by atoms with van der Waals surface area (Å²) in [4.78, 5) is 12.6. The summed E-state index contributed by atoms with van der Waals surface area (Å²) in [5.41, 5.74) is -1.31. The number of aromatic nitrogens is 4. The van der Waals surface area contributed by atoms with Gasteiger partial charge < -0.3 is 9.80 Å². The molecule has 1 saturated heterocycles. The normalized spacial score (nSPS) is 16.9. The van der Waals surface area contributed by atoms with E-state index in [2.05, 4.69) is 20.0 Å². The van der Waals surface area contributed by atoms with Crippen LogP contribution < -0.4 is 4.90 Å². The van der Waals surface area contributed by atoms with Gasteiger partial charge in [0.1, 0.15) is 11.8 Å². The first-order valence-corrected chi connectivity index (χ1v) is 7.69. The molecule has 10 heteroatoms. The number of nitrogens with zero attached hydrogens (tertiary/aromatic N) is 6. The quantitative estimate of drug-likeness (QED) is 0.627. The highest BCUT2D eigenvalue weighted by Gasteiger charge is 2.36. The maximum absolute atomic E-state index is 14.5. The third kappa shape index (κ3) is 2.56. The minimum atomic E-state index is -4.79. The number of anilines is 1. The van der Waals surface area contributed by atoms with E-state index >= 15 is 0 Å². The summed E-state index contributed by atoms with van der Waals surface area (Å²) in [6.45, 7) is 3.03. The van der Waals surface area contributed by atoms with Gasteiger partial charge in [-0.3, -0.25) is 0 Å². The van der Waals surface area contributed by atoms with Crippen LogP contribution in [0.15, 0.2) is 18.5 Å². The third-order valence-electron chi connectivity index (χ3n) is 4.39. The monoisotopic (exact) mass is 354 g/mol. The lowest BCUT2D eigenvalue weighted by Crippen LogP contribution is -2.45. The number of halogens is 4. The lowest BCUT2D eigenvalue weighted by molar-refractivity contribution is -0.139. The van der Waals surface area contributed by atoms with E-state index in [0.29, 0.717) is 25.0 Å². The molecule has 3 aromatic rings. The summed E-state index contributed by atoms with van der Waals surface area (Å²) in [6.07, 6.45) is -3.60. The molecule has 132 valence electrons. The molecule has 0 unspecified atom stereocenters. The van der Waals surface area contributed by atoms with E-state index in [1.54, 1.807) is 0 Å². The van der Waals surface area contributed by atoms with Gasteiger partial charge in [0, 0.05) is 26.2 Å². The zero-order valence-electron chi connectivity index (χ0n) is 13.3. The predicted octanol–water partition coefficient (Wildman–Crippen LogP) is 2.19. The highest BCUT2D eigenvalue weighted by atomic mass is 19.4. The number of rotatable bonds is 1. The molecular weight excluding hydrogens is 340 g/mol. The molecule has 0 spiro atoms. The molecular formula is C15H14F4N6. The lowest BCUT2D eigenvalue weighted by Gasteiger charge is -2.33. The molecule has 0 aliphatic carbocycles. The van der Waals surface area contributed by atoms with Crippen LogP contribution in [0, 0.1) is 5.82 Å². The van der Waals surface area contributed by atoms with Crippen LogP contribution in [-0.2, 0) is 6.18 Å². The highest BCUT2D eigenvalue weighted by molar-refractivity contribution is 5.83. The van der Waals surface area contributed by atoms with Gasteiger partial charge in [-0.05, 0) is 19.2 Å². The van der Waals surface area contributed by atoms with Crippen molar-refractivity contribution < 1.29 is 17.6 Å². The molecule has 0 saturated carbocycles. The van der Waals surface area contributed by atoms with Crippen molar-refractivity contribution in [2.24, 2.45) is 0 Å².